The molecule has 1 aliphatic rings. The van der Waals surface area contributed by atoms with Crippen LogP contribution in [-0.2, 0) is 54.3 Å². The molecule has 0 spiro atoms. The minimum absolute atomic E-state index is 0.0178. The first-order valence-corrected chi connectivity index (χ1v) is 26.4. The molecule has 1 saturated heterocycles. The van der Waals surface area contributed by atoms with Crippen LogP contribution in [0.4, 0.5) is 5.69 Å². The molecule has 1 aromatic carbocycles. The number of amides is 4. The summed E-state index contributed by atoms with van der Waals surface area (Å²) in [6.45, 7) is 16.6. The zero-order valence-electron chi connectivity index (χ0n) is 44.9. The summed E-state index contributed by atoms with van der Waals surface area (Å²) >= 11 is 3.16. The topological polar surface area (TPSA) is 209 Å². The lowest BCUT2D eigenvalue weighted by molar-refractivity contribution is -0.149. The second-order valence-corrected chi connectivity index (χ2v) is 21.2. The number of carboxylic acid groups (broad SMARTS) is 1. The van der Waals surface area contributed by atoms with Crippen LogP contribution in [0.15, 0.2) is 34.8 Å². The van der Waals surface area contributed by atoms with Crippen molar-refractivity contribution in [2.75, 3.05) is 53.8 Å². The van der Waals surface area contributed by atoms with Gasteiger partial charge in [0, 0.05) is 83.6 Å². The number of hydrogen-bond acceptors (Lipinski definition) is 11. The molecule has 0 bridgehead atoms. The van der Waals surface area contributed by atoms with E-state index in [1.54, 1.807) is 55.1 Å². The number of nitrogens with zero attached hydrogens (tertiary/aromatic N) is 3. The van der Waals surface area contributed by atoms with Crippen LogP contribution in [0.2, 0.25) is 0 Å². The third-order valence-corrected chi connectivity index (χ3v) is 14.7. The molecule has 1 heterocycles. The predicted octanol–water partition coefficient (Wildman–Crippen LogP) is 7.50. The van der Waals surface area contributed by atoms with Gasteiger partial charge in [0.05, 0.1) is 47.2 Å². The Balaban J connectivity index is 2.11. The van der Waals surface area contributed by atoms with Gasteiger partial charge in [-0.2, -0.15) is 0 Å². The number of methoxy groups -OCH3 is 2. The van der Waals surface area contributed by atoms with Crippen LogP contribution >= 0.6 is 15.9 Å². The fourth-order valence-corrected chi connectivity index (χ4v) is 10.3. The molecule has 400 valence electrons. The predicted molar refractivity (Wildman–Crippen MR) is 280 cm³/mol. The first kappa shape index (κ1) is 62.8. The smallest absolute Gasteiger partial charge is 0.307 e. The number of likely N-dealkylation sites (N-methyl/N-ethyl adjacent to an activating group) is 2. The summed E-state index contributed by atoms with van der Waals surface area (Å²) in [6, 6.07) is 5.53. The van der Waals surface area contributed by atoms with E-state index in [9.17, 15) is 43.5 Å². The van der Waals surface area contributed by atoms with Crippen molar-refractivity contribution in [3.63, 3.8) is 0 Å². The number of halogens is 1. The number of aliphatic carboxylic acids is 1. The van der Waals surface area contributed by atoms with Gasteiger partial charge in [-0.3, -0.25) is 43.3 Å². The number of unbranched alkanes of at least 4 members (excludes halogenated alkanes) is 1. The van der Waals surface area contributed by atoms with Crippen LogP contribution in [-0.4, -0.2) is 146 Å². The van der Waals surface area contributed by atoms with Gasteiger partial charge in [0.1, 0.15) is 5.78 Å². The molecule has 71 heavy (non-hydrogen) atoms. The van der Waals surface area contributed by atoms with E-state index in [-0.39, 0.29) is 108 Å². The van der Waals surface area contributed by atoms with E-state index in [1.165, 1.54) is 13.2 Å². The quantitative estimate of drug-likeness (QED) is 0.0462. The Morgan fingerprint density at radius 3 is 2.03 bits per heavy atom. The fraction of sp³-hybridized carbons (Fsp3) is 0.704. The molecule has 2 rings (SSSR count). The number of benzene rings is 1. The van der Waals surface area contributed by atoms with Gasteiger partial charge in [-0.05, 0) is 104 Å². The van der Waals surface area contributed by atoms with E-state index >= 15 is 0 Å². The van der Waals surface area contributed by atoms with Gasteiger partial charge in [-0.25, -0.2) is 0 Å². The largest absolute Gasteiger partial charge is 0.481 e. The summed E-state index contributed by atoms with van der Waals surface area (Å²) in [6.07, 6.45) is 3.78. The Morgan fingerprint density at radius 2 is 1.49 bits per heavy atom. The maximum absolute atomic E-state index is 14.4. The average Bonchev–Trinajstić information content (AvgIpc) is 3.80. The molecule has 4 amide bonds. The van der Waals surface area contributed by atoms with Crippen LogP contribution < -0.4 is 10.6 Å². The molecular formula is C54H86BrN5O11. The van der Waals surface area contributed by atoms with Crippen molar-refractivity contribution in [1.82, 2.24) is 20.0 Å². The van der Waals surface area contributed by atoms with Gasteiger partial charge in [0.25, 0.3) is 0 Å². The van der Waals surface area contributed by atoms with Crippen molar-refractivity contribution in [2.45, 2.75) is 163 Å². The number of nitrogens with one attached hydrogen (secondary N) is 2. The lowest BCUT2D eigenvalue weighted by atomic mass is 9.83. The van der Waals surface area contributed by atoms with Crippen molar-refractivity contribution in [1.29, 1.82) is 0 Å². The highest BCUT2D eigenvalue weighted by Crippen LogP contribution is 2.32. The van der Waals surface area contributed by atoms with Gasteiger partial charge in [0.15, 0.2) is 11.6 Å². The average molecular weight is 1060 g/mol. The van der Waals surface area contributed by atoms with Gasteiger partial charge < -0.3 is 35.0 Å². The van der Waals surface area contributed by atoms with Gasteiger partial charge in [-0.1, -0.05) is 73.9 Å². The first-order valence-electron chi connectivity index (χ1n) is 25.6. The SMILES string of the molecule is CCCNC(=O)/C=C(/Br)C(=O)CCCCC(=O)Nc1ccc(C[C@H](CC(=O)[C@H](C)[C@@H](OC)[C@@H]2CCCN2C(=O)CC(OC)[C@H](C(C)CC)N(C)C(=O)[C@@H](CC(=O)[C@H](C(C)C)N(C)C)C(C)C)C(=O)O)cc1. The molecule has 17 heteroatoms. The number of rotatable bonds is 33. The van der Waals surface area contributed by atoms with Gasteiger partial charge in [0.2, 0.25) is 23.6 Å². The number of carbonyl (C=O) groups is 8. The minimum atomic E-state index is -1.13. The molecule has 1 fully saturated rings. The number of carbonyl (C=O) groups excluding carboxylic acids is 7. The normalized spacial score (nSPS) is 17.5. The summed E-state index contributed by atoms with van der Waals surface area (Å²) in [5.74, 6) is -5.00. The van der Waals surface area contributed by atoms with E-state index in [1.807, 2.05) is 67.5 Å². The number of ether oxygens (including phenoxy) is 2. The Morgan fingerprint density at radius 1 is 0.859 bits per heavy atom. The van der Waals surface area contributed by atoms with Crippen molar-refractivity contribution in [2.24, 2.45) is 35.5 Å². The number of likely N-dealkylation sites (tertiary alicyclic amines) is 1. The van der Waals surface area contributed by atoms with Crippen LogP contribution in [0.1, 0.15) is 132 Å². The summed E-state index contributed by atoms with van der Waals surface area (Å²) < 4.78 is 12.2. The van der Waals surface area contributed by atoms with Crippen LogP contribution in [0.25, 0.3) is 0 Å². The summed E-state index contributed by atoms with van der Waals surface area (Å²) in [4.78, 5) is 111. The van der Waals surface area contributed by atoms with Crippen molar-refractivity contribution in [3.05, 3.63) is 40.4 Å². The van der Waals surface area contributed by atoms with Gasteiger partial charge in [-0.15, -0.1) is 0 Å². The maximum Gasteiger partial charge on any atom is 0.307 e. The fourth-order valence-electron chi connectivity index (χ4n) is 9.90. The lowest BCUT2D eigenvalue weighted by Gasteiger charge is -2.41. The monoisotopic (exact) mass is 1060 g/mol. The molecule has 9 atom stereocenters. The number of hydrogen-bond donors (Lipinski definition) is 3. The highest BCUT2D eigenvalue weighted by atomic mass is 79.9. The third-order valence-electron chi connectivity index (χ3n) is 14.1. The maximum atomic E-state index is 14.4. The van der Waals surface area contributed by atoms with E-state index in [0.29, 0.717) is 56.4 Å². The highest BCUT2D eigenvalue weighted by Gasteiger charge is 2.43. The molecule has 1 aromatic rings. The standard InChI is InChI=1S/C54H86BrN5O11/c1-14-26-56-48(65)31-41(55)43(61)20-16-17-21-47(64)57-39-24-22-37(23-25-39)28-38(54(68)69)29-44(62)36(8)52(71-13)42-19-18-27-60(42)49(66)32-46(70-12)51(35(7)15-2)59(11)53(67)40(33(3)4)30-45(63)50(34(5)6)58(9)10/h22-25,31,33-36,38,40,42,46,50-52H,14-21,26-30,32H2,1-13H3,(H,56,65)(H,57,64)(H,68,69)/b41-31+/t35?,36-,38+,40-,42-,46?,50-,51-,52+/m0/s1. The Bertz CT molecular complexity index is 1950. The van der Waals surface area contributed by atoms with Crippen LogP contribution in [0.3, 0.4) is 0 Å². The Kier molecular flexibility index (Phi) is 27.7. The van der Waals surface area contributed by atoms with Crippen molar-refractivity contribution in [3.8, 4) is 0 Å². The molecule has 3 N–H and O–H groups in total. The molecule has 1 aliphatic heterocycles. The zero-order chi connectivity index (χ0) is 53.7. The third kappa shape index (κ3) is 19.6. The number of carboxylic acids is 1. The highest BCUT2D eigenvalue weighted by molar-refractivity contribution is 9.12. The van der Waals surface area contributed by atoms with Crippen molar-refractivity contribution >= 4 is 68.6 Å². The number of allylic oxidation sites excluding steroid dienone is 1. The van der Waals surface area contributed by atoms with E-state index < -0.39 is 48.0 Å². The van der Waals surface area contributed by atoms with E-state index in [0.717, 1.165) is 6.42 Å². The Labute approximate surface area is 432 Å². The van der Waals surface area contributed by atoms with E-state index in [4.69, 9.17) is 9.47 Å². The lowest BCUT2D eigenvalue weighted by Crippen LogP contribution is -2.54. The summed E-state index contributed by atoms with van der Waals surface area (Å²) in [7, 11) is 8.53. The molecule has 16 nitrogen and oxygen atoms in total. The van der Waals surface area contributed by atoms with Crippen molar-refractivity contribution < 1.29 is 52.9 Å². The van der Waals surface area contributed by atoms with Crippen LogP contribution in [0.5, 0.6) is 0 Å². The molecule has 2 unspecified atom stereocenters. The number of ketones is 3. The molecule has 0 saturated carbocycles. The second kappa shape index (κ2) is 31.3. The zero-order valence-corrected chi connectivity index (χ0v) is 46.5. The van der Waals surface area contributed by atoms with Gasteiger partial charge >= 0.3 is 5.97 Å². The summed E-state index contributed by atoms with van der Waals surface area (Å²) in [5, 5.41) is 15.7. The van der Waals surface area contributed by atoms with Crippen LogP contribution in [0, 0.1) is 35.5 Å². The molecule has 0 aliphatic carbocycles. The Hall–Kier alpha value is -4.32. The minimum Gasteiger partial charge on any atom is -0.481 e. The van der Waals surface area contributed by atoms with E-state index in [2.05, 4.69) is 26.6 Å². The summed E-state index contributed by atoms with van der Waals surface area (Å²) in [5.41, 5.74) is 1.19. The molecule has 0 aromatic heterocycles. The second-order valence-electron chi connectivity index (χ2n) is 20.3. The molecular weight excluding hydrogens is 975 g/mol. The number of Topliss-reactive ketones (excluding diaryl/α,β-unsaturated/α-hetero) is 3. The first-order chi connectivity index (χ1) is 33.4. The number of anilines is 1. The molecule has 0 radical (unpaired) electrons.